The van der Waals surface area contributed by atoms with Crippen molar-refractivity contribution in [2.24, 2.45) is 4.99 Å². The Morgan fingerprint density at radius 2 is 2.04 bits per heavy atom. The lowest BCUT2D eigenvalue weighted by molar-refractivity contribution is -0.126. The van der Waals surface area contributed by atoms with E-state index in [2.05, 4.69) is 4.90 Å². The number of fused-ring (bicyclic) bond motifs is 6. The summed E-state index contributed by atoms with van der Waals surface area (Å²) in [7, 11) is 0. The van der Waals surface area contributed by atoms with Crippen molar-refractivity contribution in [2.45, 2.75) is 44.8 Å². The first kappa shape index (κ1) is 15.8. The van der Waals surface area contributed by atoms with Crippen molar-refractivity contribution >= 4 is 29.5 Å². The quantitative estimate of drug-likeness (QED) is 0.721. The Kier molecular flexibility index (Phi) is 3.50. The first-order chi connectivity index (χ1) is 12.7. The van der Waals surface area contributed by atoms with Gasteiger partial charge in [-0.3, -0.25) is 19.4 Å². The number of carbonyl (C=O) groups is 2. The van der Waals surface area contributed by atoms with Crippen LogP contribution in [-0.4, -0.2) is 53.2 Å². The number of rotatable bonds is 0. The maximum Gasteiger partial charge on any atom is 0.246 e. The highest BCUT2D eigenvalue weighted by Gasteiger charge is 2.50. The molecule has 2 amide bonds. The summed E-state index contributed by atoms with van der Waals surface area (Å²) in [6.45, 7) is 3.18. The number of aliphatic imine (C=N–C) groups is 1. The van der Waals surface area contributed by atoms with E-state index in [-0.39, 0.29) is 24.0 Å². The first-order valence-electron chi connectivity index (χ1n) is 9.39. The van der Waals surface area contributed by atoms with Gasteiger partial charge in [0.1, 0.15) is 6.17 Å². The summed E-state index contributed by atoms with van der Waals surface area (Å²) >= 11 is 0. The lowest BCUT2D eigenvalue weighted by atomic mass is 9.98. The predicted molar refractivity (Wildman–Crippen MR) is 99.5 cm³/mol. The van der Waals surface area contributed by atoms with E-state index in [1.54, 1.807) is 13.3 Å². The van der Waals surface area contributed by atoms with E-state index in [0.29, 0.717) is 6.54 Å². The molecular weight excluding hydrogens is 328 g/mol. The van der Waals surface area contributed by atoms with Crippen molar-refractivity contribution < 1.29 is 9.59 Å². The molecule has 2 unspecified atom stereocenters. The van der Waals surface area contributed by atoms with Crippen LogP contribution in [0, 0.1) is 0 Å². The molecule has 6 heteroatoms. The molecule has 1 aromatic rings. The topological polar surface area (TPSA) is 56.2 Å². The Morgan fingerprint density at radius 3 is 2.88 bits per heavy atom. The van der Waals surface area contributed by atoms with Crippen molar-refractivity contribution in [1.82, 2.24) is 9.80 Å². The molecule has 0 aliphatic carbocycles. The van der Waals surface area contributed by atoms with Gasteiger partial charge in [-0.2, -0.15) is 0 Å². The van der Waals surface area contributed by atoms with Gasteiger partial charge in [0.25, 0.3) is 0 Å². The Labute approximate surface area is 152 Å². The van der Waals surface area contributed by atoms with Crippen LogP contribution in [-0.2, 0) is 9.59 Å². The standard InChI is InChI=1S/C20H22N4O2/c1-13(25)22-11-9-15-18(14-6-2-3-7-16(14)22)21-12-24-19(15)23-10-5-4-8-17(23)20(24)26/h2-3,6-7,12,17,19H,4-5,8-11H2,1H3. The molecule has 4 aliphatic heterocycles. The second-order valence-corrected chi connectivity index (χ2v) is 7.42. The molecular formula is C20H22N4O2. The van der Waals surface area contributed by atoms with Gasteiger partial charge in [-0.05, 0) is 30.9 Å². The lowest BCUT2D eigenvalue weighted by Crippen LogP contribution is -2.45. The summed E-state index contributed by atoms with van der Waals surface area (Å²) in [4.78, 5) is 35.8. The zero-order valence-electron chi connectivity index (χ0n) is 14.9. The number of nitrogens with zero attached hydrogens (tertiary/aromatic N) is 4. The minimum atomic E-state index is -0.0414. The van der Waals surface area contributed by atoms with Gasteiger partial charge >= 0.3 is 0 Å². The molecule has 4 aliphatic rings. The second-order valence-electron chi connectivity index (χ2n) is 7.42. The molecule has 0 spiro atoms. The smallest absolute Gasteiger partial charge is 0.246 e. The number of carbonyl (C=O) groups excluding carboxylic acids is 2. The summed E-state index contributed by atoms with van der Waals surface area (Å²) < 4.78 is 0. The normalized spacial score (nSPS) is 27.7. The molecule has 0 N–H and O–H groups in total. The Balaban J connectivity index is 1.64. The maximum atomic E-state index is 12.9. The molecule has 0 radical (unpaired) electrons. The molecule has 2 saturated heterocycles. The lowest BCUT2D eigenvalue weighted by Gasteiger charge is -2.36. The van der Waals surface area contributed by atoms with Gasteiger partial charge in [0, 0.05) is 25.6 Å². The maximum absolute atomic E-state index is 12.9. The van der Waals surface area contributed by atoms with E-state index in [0.717, 1.165) is 49.2 Å². The largest absolute Gasteiger partial charge is 0.312 e. The molecule has 1 aromatic carbocycles. The predicted octanol–water partition coefficient (Wildman–Crippen LogP) is 2.22. The minimum absolute atomic E-state index is 0.0190. The van der Waals surface area contributed by atoms with Crippen LogP contribution in [0.3, 0.4) is 0 Å². The van der Waals surface area contributed by atoms with E-state index in [1.165, 1.54) is 5.57 Å². The SMILES string of the molecule is CC(=O)N1CCC2=C(N=CN3C(=O)C4CCCCN4C23)c2ccccc21. The van der Waals surface area contributed by atoms with E-state index in [9.17, 15) is 9.59 Å². The molecule has 2 fully saturated rings. The van der Waals surface area contributed by atoms with E-state index in [4.69, 9.17) is 4.99 Å². The van der Waals surface area contributed by atoms with Gasteiger partial charge in [-0.25, -0.2) is 4.99 Å². The highest BCUT2D eigenvalue weighted by Crippen LogP contribution is 2.43. The van der Waals surface area contributed by atoms with Crippen LogP contribution in [0.5, 0.6) is 0 Å². The van der Waals surface area contributed by atoms with Gasteiger partial charge in [-0.1, -0.05) is 24.6 Å². The zero-order valence-corrected chi connectivity index (χ0v) is 14.9. The molecule has 0 aromatic heterocycles. The number of hydrogen-bond acceptors (Lipinski definition) is 4. The first-order valence-corrected chi connectivity index (χ1v) is 9.39. The summed E-state index contributed by atoms with van der Waals surface area (Å²) in [5.74, 6) is 0.211. The van der Waals surface area contributed by atoms with Crippen LogP contribution in [0.4, 0.5) is 5.69 Å². The van der Waals surface area contributed by atoms with Crippen molar-refractivity contribution in [3.63, 3.8) is 0 Å². The van der Waals surface area contributed by atoms with E-state index < -0.39 is 0 Å². The van der Waals surface area contributed by atoms with Gasteiger partial charge < -0.3 is 4.90 Å². The third kappa shape index (κ3) is 2.11. The minimum Gasteiger partial charge on any atom is -0.312 e. The number of amides is 2. The number of anilines is 1. The Morgan fingerprint density at radius 1 is 1.19 bits per heavy atom. The number of benzene rings is 1. The molecule has 0 saturated carbocycles. The molecule has 4 heterocycles. The van der Waals surface area contributed by atoms with Gasteiger partial charge in [0.15, 0.2) is 0 Å². The van der Waals surface area contributed by atoms with Gasteiger partial charge in [-0.15, -0.1) is 0 Å². The van der Waals surface area contributed by atoms with Crippen molar-refractivity contribution in [3.05, 3.63) is 35.4 Å². The van der Waals surface area contributed by atoms with Crippen LogP contribution in [0.2, 0.25) is 0 Å². The average molecular weight is 350 g/mol. The summed E-state index contributed by atoms with van der Waals surface area (Å²) in [6.07, 6.45) is 5.57. The fourth-order valence-corrected chi connectivity index (χ4v) is 4.86. The molecule has 2 atom stereocenters. The Hall–Kier alpha value is -2.47. The fraction of sp³-hybridized carbons (Fsp3) is 0.450. The average Bonchev–Trinajstić information content (AvgIpc) is 2.84. The fourth-order valence-electron chi connectivity index (χ4n) is 4.86. The monoisotopic (exact) mass is 350 g/mol. The summed E-state index contributed by atoms with van der Waals surface area (Å²) in [5.41, 5.74) is 4.00. The number of para-hydroxylation sites is 1. The van der Waals surface area contributed by atoms with Crippen molar-refractivity contribution in [3.8, 4) is 0 Å². The van der Waals surface area contributed by atoms with Crippen molar-refractivity contribution in [1.29, 1.82) is 0 Å². The molecule has 5 rings (SSSR count). The molecule has 0 bridgehead atoms. The highest BCUT2D eigenvalue weighted by atomic mass is 16.2. The number of hydrogen-bond donors (Lipinski definition) is 0. The molecule has 134 valence electrons. The third-order valence-corrected chi connectivity index (χ3v) is 6.02. The second kappa shape index (κ2) is 5.77. The van der Waals surface area contributed by atoms with Crippen molar-refractivity contribution in [2.75, 3.05) is 18.0 Å². The van der Waals surface area contributed by atoms with Gasteiger partial charge in [0.2, 0.25) is 11.8 Å². The van der Waals surface area contributed by atoms with Crippen LogP contribution in [0.1, 0.15) is 38.2 Å². The summed E-state index contributed by atoms with van der Waals surface area (Å²) in [5, 5.41) is 0. The molecule has 6 nitrogen and oxygen atoms in total. The number of piperidine rings is 1. The van der Waals surface area contributed by atoms with Crippen LogP contribution >= 0.6 is 0 Å². The third-order valence-electron chi connectivity index (χ3n) is 6.02. The van der Waals surface area contributed by atoms with Crippen LogP contribution < -0.4 is 4.90 Å². The summed E-state index contributed by atoms with van der Waals surface area (Å²) in [6, 6.07) is 7.94. The van der Waals surface area contributed by atoms with Gasteiger partial charge in [0.05, 0.1) is 23.8 Å². The molecule has 26 heavy (non-hydrogen) atoms. The Bertz CT molecular complexity index is 859. The van der Waals surface area contributed by atoms with E-state index in [1.807, 2.05) is 34.1 Å². The van der Waals surface area contributed by atoms with Crippen LogP contribution in [0.15, 0.2) is 34.8 Å². The highest BCUT2D eigenvalue weighted by molar-refractivity contribution is 6.01. The van der Waals surface area contributed by atoms with E-state index >= 15 is 0 Å². The van der Waals surface area contributed by atoms with Crippen LogP contribution in [0.25, 0.3) is 5.70 Å². The zero-order chi connectivity index (χ0) is 17.8.